The van der Waals surface area contributed by atoms with Crippen LogP contribution in [0.5, 0.6) is 5.75 Å². The second kappa shape index (κ2) is 7.98. The van der Waals surface area contributed by atoms with E-state index in [1.165, 1.54) is 12.8 Å². The largest absolute Gasteiger partial charge is 0.490 e. The Balaban J connectivity index is 1.98. The Morgan fingerprint density at radius 3 is 2.83 bits per heavy atom. The summed E-state index contributed by atoms with van der Waals surface area (Å²) in [6.45, 7) is 8.36. The Morgan fingerprint density at radius 2 is 2.17 bits per heavy atom. The van der Waals surface area contributed by atoms with E-state index in [0.717, 1.165) is 17.9 Å². The van der Waals surface area contributed by atoms with Gasteiger partial charge in [-0.05, 0) is 37.9 Å². The van der Waals surface area contributed by atoms with Gasteiger partial charge in [-0.15, -0.1) is 0 Å². The Labute approximate surface area is 145 Å². The highest BCUT2D eigenvalue weighted by Gasteiger charge is 2.21. The molecule has 0 N–H and O–H groups in total. The van der Waals surface area contributed by atoms with Gasteiger partial charge in [0.05, 0.1) is 6.20 Å². The fraction of sp³-hybridized carbons (Fsp3) is 0.526. The SMILES string of the molecule is CN1CCC[C@@H]1COc1cnc(Cl)c(C=CC=CC(C)(C)C)c1. The molecule has 1 aliphatic rings. The molecule has 0 amide bonds. The highest BCUT2D eigenvalue weighted by atomic mass is 35.5. The molecule has 1 aliphatic heterocycles. The van der Waals surface area contributed by atoms with E-state index in [-0.39, 0.29) is 5.41 Å². The first kappa shape index (κ1) is 18.0. The molecule has 2 rings (SSSR count). The van der Waals surface area contributed by atoms with Gasteiger partial charge < -0.3 is 9.64 Å². The minimum absolute atomic E-state index is 0.171. The average molecular weight is 335 g/mol. The van der Waals surface area contributed by atoms with E-state index in [2.05, 4.69) is 43.8 Å². The lowest BCUT2D eigenvalue weighted by Gasteiger charge is -2.19. The fourth-order valence-electron chi connectivity index (χ4n) is 2.53. The van der Waals surface area contributed by atoms with Crippen LogP contribution in [0, 0.1) is 5.41 Å². The number of rotatable bonds is 5. The molecule has 0 saturated carbocycles. The lowest BCUT2D eigenvalue weighted by Crippen LogP contribution is -2.30. The predicted octanol–water partition coefficient (Wildman–Crippen LogP) is 4.82. The zero-order chi connectivity index (χ0) is 16.9. The first-order valence-corrected chi connectivity index (χ1v) is 8.57. The summed E-state index contributed by atoms with van der Waals surface area (Å²) < 4.78 is 5.90. The van der Waals surface area contributed by atoms with Crippen LogP contribution in [0.25, 0.3) is 6.08 Å². The Morgan fingerprint density at radius 1 is 1.39 bits per heavy atom. The van der Waals surface area contributed by atoms with Crippen LogP contribution in [0.4, 0.5) is 0 Å². The normalized spacial score (nSPS) is 20.0. The number of pyridine rings is 1. The van der Waals surface area contributed by atoms with Gasteiger partial charge in [0, 0.05) is 11.6 Å². The van der Waals surface area contributed by atoms with Crippen molar-refractivity contribution in [1.29, 1.82) is 0 Å². The number of aromatic nitrogens is 1. The molecule has 0 unspecified atom stereocenters. The van der Waals surface area contributed by atoms with E-state index < -0.39 is 0 Å². The number of halogens is 1. The van der Waals surface area contributed by atoms with Gasteiger partial charge in [0.1, 0.15) is 17.5 Å². The van der Waals surface area contributed by atoms with Gasteiger partial charge in [0.15, 0.2) is 0 Å². The van der Waals surface area contributed by atoms with Crippen LogP contribution in [-0.2, 0) is 0 Å². The number of hydrogen-bond acceptors (Lipinski definition) is 3. The lowest BCUT2D eigenvalue weighted by atomic mass is 9.96. The summed E-state index contributed by atoms with van der Waals surface area (Å²) >= 11 is 6.17. The van der Waals surface area contributed by atoms with Crippen LogP contribution >= 0.6 is 11.6 Å². The van der Waals surface area contributed by atoms with E-state index >= 15 is 0 Å². The molecule has 1 aromatic heterocycles. The molecule has 3 nitrogen and oxygen atoms in total. The second-order valence-corrected chi connectivity index (χ2v) is 7.58. The van der Waals surface area contributed by atoms with Crippen LogP contribution < -0.4 is 4.74 Å². The Bertz CT molecular complexity index is 575. The number of hydrogen-bond donors (Lipinski definition) is 0. The molecule has 0 bridgehead atoms. The molecule has 0 spiro atoms. The van der Waals surface area contributed by atoms with E-state index in [4.69, 9.17) is 16.3 Å². The van der Waals surface area contributed by atoms with Crippen LogP contribution in [0.3, 0.4) is 0 Å². The Kier molecular flexibility index (Phi) is 6.25. The van der Waals surface area contributed by atoms with Crippen molar-refractivity contribution in [2.24, 2.45) is 5.41 Å². The molecule has 23 heavy (non-hydrogen) atoms. The molecule has 0 aromatic carbocycles. The molecule has 126 valence electrons. The smallest absolute Gasteiger partial charge is 0.138 e. The molecule has 0 aliphatic carbocycles. The maximum Gasteiger partial charge on any atom is 0.138 e. The van der Waals surface area contributed by atoms with Crippen molar-refractivity contribution < 1.29 is 4.74 Å². The van der Waals surface area contributed by atoms with Crippen molar-refractivity contribution >= 4 is 17.7 Å². The monoisotopic (exact) mass is 334 g/mol. The van der Waals surface area contributed by atoms with Gasteiger partial charge in [0.2, 0.25) is 0 Å². The third kappa shape index (κ3) is 6.00. The topological polar surface area (TPSA) is 25.4 Å². The van der Waals surface area contributed by atoms with Crippen molar-refractivity contribution in [2.75, 3.05) is 20.2 Å². The summed E-state index contributed by atoms with van der Waals surface area (Å²) in [6, 6.07) is 2.45. The molecule has 1 atom stereocenters. The fourth-order valence-corrected chi connectivity index (χ4v) is 2.69. The Hall–Kier alpha value is -1.32. The summed E-state index contributed by atoms with van der Waals surface area (Å²) in [5.74, 6) is 0.772. The summed E-state index contributed by atoms with van der Waals surface area (Å²) in [4.78, 5) is 6.57. The molecular weight excluding hydrogens is 308 g/mol. The standard InChI is InChI=1S/C19H27ClN2O/c1-19(2,3)10-6-5-8-15-12-17(13-21-18(15)20)23-14-16-9-7-11-22(16)4/h5-6,8,10,12-13,16H,7,9,11,14H2,1-4H3/t16-/m1/s1. The van der Waals surface area contributed by atoms with Crippen LogP contribution in [0.15, 0.2) is 30.5 Å². The highest BCUT2D eigenvalue weighted by Crippen LogP contribution is 2.22. The molecule has 2 heterocycles. The number of likely N-dealkylation sites (tertiary alicyclic amines) is 1. The quantitative estimate of drug-likeness (QED) is 0.570. The van der Waals surface area contributed by atoms with Gasteiger partial charge in [-0.3, -0.25) is 0 Å². The van der Waals surface area contributed by atoms with Gasteiger partial charge in [-0.1, -0.05) is 56.7 Å². The first-order valence-electron chi connectivity index (χ1n) is 8.20. The van der Waals surface area contributed by atoms with Crippen LogP contribution in [0.1, 0.15) is 39.2 Å². The van der Waals surface area contributed by atoms with E-state index in [0.29, 0.717) is 17.8 Å². The minimum atomic E-state index is 0.171. The van der Waals surface area contributed by atoms with Crippen molar-refractivity contribution in [2.45, 2.75) is 39.7 Å². The third-order valence-electron chi connectivity index (χ3n) is 3.94. The maximum absolute atomic E-state index is 6.17. The third-order valence-corrected chi connectivity index (χ3v) is 4.25. The zero-order valence-electron chi connectivity index (χ0n) is 14.6. The van der Waals surface area contributed by atoms with Gasteiger partial charge in [0.25, 0.3) is 0 Å². The van der Waals surface area contributed by atoms with E-state index in [9.17, 15) is 0 Å². The molecule has 4 heteroatoms. The lowest BCUT2D eigenvalue weighted by molar-refractivity contribution is 0.198. The summed E-state index contributed by atoms with van der Waals surface area (Å²) in [7, 11) is 2.15. The number of nitrogens with zero attached hydrogens (tertiary/aromatic N) is 2. The van der Waals surface area contributed by atoms with Crippen LogP contribution in [-0.4, -0.2) is 36.1 Å². The van der Waals surface area contributed by atoms with Crippen molar-refractivity contribution in [3.05, 3.63) is 41.2 Å². The maximum atomic E-state index is 6.17. The van der Waals surface area contributed by atoms with Crippen molar-refractivity contribution in [1.82, 2.24) is 9.88 Å². The summed E-state index contributed by atoms with van der Waals surface area (Å²) in [5.41, 5.74) is 1.05. The van der Waals surface area contributed by atoms with E-state index in [1.807, 2.05) is 24.3 Å². The van der Waals surface area contributed by atoms with Crippen molar-refractivity contribution in [3.8, 4) is 5.75 Å². The molecule has 1 aromatic rings. The van der Waals surface area contributed by atoms with E-state index in [1.54, 1.807) is 6.20 Å². The van der Waals surface area contributed by atoms with Crippen LogP contribution in [0.2, 0.25) is 5.15 Å². The first-order chi connectivity index (χ1) is 10.8. The number of allylic oxidation sites excluding steroid dienone is 3. The number of ether oxygens (including phenoxy) is 1. The van der Waals surface area contributed by atoms with Gasteiger partial charge in [-0.2, -0.15) is 0 Å². The summed E-state index contributed by atoms with van der Waals surface area (Å²) in [6.07, 6.45) is 12.3. The average Bonchev–Trinajstić information content (AvgIpc) is 2.88. The number of likely N-dealkylation sites (N-methyl/N-ethyl adjacent to an activating group) is 1. The van der Waals surface area contributed by atoms with Crippen molar-refractivity contribution in [3.63, 3.8) is 0 Å². The second-order valence-electron chi connectivity index (χ2n) is 7.22. The van der Waals surface area contributed by atoms with Gasteiger partial charge >= 0.3 is 0 Å². The minimum Gasteiger partial charge on any atom is -0.490 e. The molecule has 1 saturated heterocycles. The molecule has 1 fully saturated rings. The molecule has 0 radical (unpaired) electrons. The predicted molar refractivity (Wildman–Crippen MR) is 98.0 cm³/mol. The highest BCUT2D eigenvalue weighted by molar-refractivity contribution is 6.30. The zero-order valence-corrected chi connectivity index (χ0v) is 15.3. The summed E-state index contributed by atoms with van der Waals surface area (Å²) in [5, 5.41) is 0.496. The molecular formula is C19H27ClN2O. The van der Waals surface area contributed by atoms with Gasteiger partial charge in [-0.25, -0.2) is 4.98 Å².